The molecule has 0 spiro atoms. The minimum Gasteiger partial charge on any atom is -0.303 e. The first-order chi connectivity index (χ1) is 9.79. The Morgan fingerprint density at radius 1 is 1.15 bits per heavy atom. The van der Waals surface area contributed by atoms with Gasteiger partial charge in [0.05, 0.1) is 6.04 Å². The molecule has 0 amide bonds. The standard InChI is InChI=1S/C18H23NO/c20-18(10-16-8-12-5-6-14(16)7-12)17-9-13-3-1-2-4-15(13)11-19-17/h1-4,12,14,16-17,19H,5-11H2. The fourth-order valence-electron chi connectivity index (χ4n) is 4.71. The van der Waals surface area contributed by atoms with E-state index < -0.39 is 0 Å². The van der Waals surface area contributed by atoms with E-state index in [0.29, 0.717) is 11.7 Å². The lowest BCUT2D eigenvalue weighted by molar-refractivity contribution is -0.122. The molecular formula is C18H23NO. The lowest BCUT2D eigenvalue weighted by Gasteiger charge is -2.28. The number of hydrogen-bond donors (Lipinski definition) is 1. The van der Waals surface area contributed by atoms with Crippen LogP contribution in [-0.4, -0.2) is 11.8 Å². The van der Waals surface area contributed by atoms with E-state index in [0.717, 1.165) is 31.2 Å². The summed E-state index contributed by atoms with van der Waals surface area (Å²) in [6.45, 7) is 0.850. The molecule has 106 valence electrons. The molecule has 1 aromatic carbocycles. The average Bonchev–Trinajstić information content (AvgIpc) is 3.09. The van der Waals surface area contributed by atoms with E-state index in [9.17, 15) is 4.79 Å². The van der Waals surface area contributed by atoms with Gasteiger partial charge in [0.15, 0.2) is 0 Å². The number of carbonyl (C=O) groups is 1. The minimum atomic E-state index is 0.0593. The van der Waals surface area contributed by atoms with Crippen LogP contribution in [0.4, 0.5) is 0 Å². The van der Waals surface area contributed by atoms with Gasteiger partial charge in [-0.3, -0.25) is 4.79 Å². The number of Topliss-reactive ketones (excluding diaryl/α,β-unsaturated/α-hetero) is 1. The molecule has 2 heteroatoms. The summed E-state index contributed by atoms with van der Waals surface area (Å²) in [5.41, 5.74) is 2.72. The number of ketones is 1. The molecule has 0 saturated heterocycles. The van der Waals surface area contributed by atoms with Gasteiger partial charge in [0.1, 0.15) is 5.78 Å². The molecule has 1 N–H and O–H groups in total. The summed E-state index contributed by atoms with van der Waals surface area (Å²) in [6.07, 6.45) is 7.23. The van der Waals surface area contributed by atoms with Crippen molar-refractivity contribution in [2.75, 3.05) is 0 Å². The molecule has 0 aromatic heterocycles. The lowest BCUT2D eigenvalue weighted by atomic mass is 9.82. The van der Waals surface area contributed by atoms with Gasteiger partial charge in [0.2, 0.25) is 0 Å². The highest BCUT2D eigenvalue weighted by atomic mass is 16.1. The molecule has 1 aromatic rings. The van der Waals surface area contributed by atoms with Gasteiger partial charge in [0.25, 0.3) is 0 Å². The van der Waals surface area contributed by atoms with Crippen LogP contribution in [0.25, 0.3) is 0 Å². The SMILES string of the molecule is O=C(CC1CC2CCC1C2)C1Cc2ccccc2CN1. The summed E-state index contributed by atoms with van der Waals surface area (Å²) in [5.74, 6) is 2.95. The van der Waals surface area contributed by atoms with Gasteiger partial charge in [-0.15, -0.1) is 0 Å². The number of benzene rings is 1. The molecule has 4 unspecified atom stereocenters. The van der Waals surface area contributed by atoms with E-state index in [1.807, 2.05) is 0 Å². The summed E-state index contributed by atoms with van der Waals surface area (Å²) in [4.78, 5) is 12.6. The quantitative estimate of drug-likeness (QED) is 0.913. The van der Waals surface area contributed by atoms with Gasteiger partial charge < -0.3 is 5.32 Å². The van der Waals surface area contributed by atoms with Crippen LogP contribution in [0.2, 0.25) is 0 Å². The first-order valence-corrected chi connectivity index (χ1v) is 8.12. The molecule has 0 radical (unpaired) electrons. The second-order valence-corrected chi connectivity index (χ2v) is 7.01. The van der Waals surface area contributed by atoms with Crippen molar-refractivity contribution in [3.8, 4) is 0 Å². The predicted molar refractivity (Wildman–Crippen MR) is 79.3 cm³/mol. The zero-order valence-corrected chi connectivity index (χ0v) is 12.0. The molecule has 2 aliphatic carbocycles. The summed E-state index contributed by atoms with van der Waals surface area (Å²) in [7, 11) is 0. The van der Waals surface area contributed by atoms with Crippen molar-refractivity contribution >= 4 is 5.78 Å². The maximum absolute atomic E-state index is 12.6. The van der Waals surface area contributed by atoms with Crippen LogP contribution < -0.4 is 5.32 Å². The van der Waals surface area contributed by atoms with Crippen LogP contribution in [0.1, 0.15) is 43.2 Å². The average molecular weight is 269 g/mol. The zero-order valence-electron chi connectivity index (χ0n) is 12.0. The van der Waals surface area contributed by atoms with Gasteiger partial charge in [-0.1, -0.05) is 30.7 Å². The van der Waals surface area contributed by atoms with Crippen molar-refractivity contribution in [2.24, 2.45) is 17.8 Å². The Morgan fingerprint density at radius 2 is 2.00 bits per heavy atom. The van der Waals surface area contributed by atoms with E-state index >= 15 is 0 Å². The third-order valence-electron chi connectivity index (χ3n) is 5.82. The molecule has 2 saturated carbocycles. The summed E-state index contributed by atoms with van der Waals surface area (Å²) >= 11 is 0. The highest BCUT2D eigenvalue weighted by Gasteiger charge is 2.40. The van der Waals surface area contributed by atoms with Crippen LogP contribution in [0.15, 0.2) is 24.3 Å². The Morgan fingerprint density at radius 3 is 2.75 bits per heavy atom. The maximum atomic E-state index is 12.6. The van der Waals surface area contributed by atoms with Crippen LogP contribution in [0.3, 0.4) is 0 Å². The number of hydrogen-bond acceptors (Lipinski definition) is 2. The normalized spacial score (nSPS) is 35.0. The van der Waals surface area contributed by atoms with Crippen LogP contribution in [0, 0.1) is 17.8 Å². The van der Waals surface area contributed by atoms with Crippen molar-refractivity contribution in [3.05, 3.63) is 35.4 Å². The Balaban J connectivity index is 1.40. The topological polar surface area (TPSA) is 29.1 Å². The summed E-state index contributed by atoms with van der Waals surface area (Å²) in [6, 6.07) is 8.57. The Bertz CT molecular complexity index is 524. The molecule has 1 heterocycles. The van der Waals surface area contributed by atoms with E-state index in [-0.39, 0.29) is 6.04 Å². The first-order valence-electron chi connectivity index (χ1n) is 8.12. The Hall–Kier alpha value is -1.15. The van der Waals surface area contributed by atoms with Gasteiger partial charge in [-0.2, -0.15) is 0 Å². The second-order valence-electron chi connectivity index (χ2n) is 7.01. The number of nitrogens with one attached hydrogen (secondary N) is 1. The van der Waals surface area contributed by atoms with Crippen molar-refractivity contribution in [1.82, 2.24) is 5.32 Å². The molecule has 2 fully saturated rings. The highest BCUT2D eigenvalue weighted by molar-refractivity contribution is 5.85. The number of rotatable bonds is 3. The molecule has 4 rings (SSSR count). The van der Waals surface area contributed by atoms with E-state index in [4.69, 9.17) is 0 Å². The van der Waals surface area contributed by atoms with Gasteiger partial charge in [0, 0.05) is 13.0 Å². The third kappa shape index (κ3) is 2.20. The third-order valence-corrected chi connectivity index (χ3v) is 5.82. The largest absolute Gasteiger partial charge is 0.303 e. The summed E-state index contributed by atoms with van der Waals surface area (Å²) in [5, 5.41) is 3.44. The molecule has 1 aliphatic heterocycles. The fourth-order valence-corrected chi connectivity index (χ4v) is 4.71. The Kier molecular flexibility index (Phi) is 3.14. The highest BCUT2D eigenvalue weighted by Crippen LogP contribution is 2.49. The minimum absolute atomic E-state index is 0.0593. The number of fused-ring (bicyclic) bond motifs is 3. The predicted octanol–water partition coefficient (Wildman–Crippen LogP) is 3.10. The first kappa shape index (κ1) is 12.6. The maximum Gasteiger partial charge on any atom is 0.150 e. The molecule has 3 aliphatic rings. The molecule has 20 heavy (non-hydrogen) atoms. The zero-order chi connectivity index (χ0) is 13.5. The van der Waals surface area contributed by atoms with Crippen LogP contribution in [-0.2, 0) is 17.8 Å². The second kappa shape index (κ2) is 5.00. The van der Waals surface area contributed by atoms with Gasteiger partial charge in [-0.25, -0.2) is 0 Å². The monoisotopic (exact) mass is 269 g/mol. The number of carbonyl (C=O) groups excluding carboxylic acids is 1. The molecule has 4 atom stereocenters. The van der Waals surface area contributed by atoms with Crippen molar-refractivity contribution in [3.63, 3.8) is 0 Å². The van der Waals surface area contributed by atoms with E-state index in [1.165, 1.54) is 36.8 Å². The molecule has 2 nitrogen and oxygen atoms in total. The van der Waals surface area contributed by atoms with Crippen molar-refractivity contribution < 1.29 is 4.79 Å². The van der Waals surface area contributed by atoms with Gasteiger partial charge >= 0.3 is 0 Å². The Labute approximate surface area is 121 Å². The van der Waals surface area contributed by atoms with Crippen LogP contribution >= 0.6 is 0 Å². The van der Waals surface area contributed by atoms with Crippen LogP contribution in [0.5, 0.6) is 0 Å². The fraction of sp³-hybridized carbons (Fsp3) is 0.611. The van der Waals surface area contributed by atoms with E-state index in [1.54, 1.807) is 0 Å². The van der Waals surface area contributed by atoms with Gasteiger partial charge in [-0.05, 0) is 54.6 Å². The van der Waals surface area contributed by atoms with Crippen molar-refractivity contribution in [1.29, 1.82) is 0 Å². The van der Waals surface area contributed by atoms with E-state index in [2.05, 4.69) is 29.6 Å². The molecule has 2 bridgehead atoms. The summed E-state index contributed by atoms with van der Waals surface area (Å²) < 4.78 is 0. The smallest absolute Gasteiger partial charge is 0.150 e. The lowest BCUT2D eigenvalue weighted by Crippen LogP contribution is -2.42. The molecular weight excluding hydrogens is 246 g/mol. The van der Waals surface area contributed by atoms with Crippen molar-refractivity contribution in [2.45, 2.75) is 51.1 Å².